The van der Waals surface area contributed by atoms with Crippen molar-refractivity contribution in [1.29, 1.82) is 0 Å². The molecule has 0 aliphatic carbocycles. The normalized spacial score (nSPS) is 16.1. The molecule has 8 heteroatoms. The maximum atomic E-state index is 12.5. The number of piperidine rings is 1. The molecule has 1 saturated heterocycles. The van der Waals surface area contributed by atoms with Gasteiger partial charge in [0.1, 0.15) is 5.60 Å². The number of hydrogen-bond donors (Lipinski definition) is 2. The lowest BCUT2D eigenvalue weighted by Crippen LogP contribution is -2.51. The number of methoxy groups -OCH3 is 2. The van der Waals surface area contributed by atoms with E-state index in [-0.39, 0.29) is 28.9 Å². The van der Waals surface area contributed by atoms with Gasteiger partial charge < -0.3 is 20.1 Å². The van der Waals surface area contributed by atoms with Gasteiger partial charge in [-0.15, -0.1) is 12.4 Å². The summed E-state index contributed by atoms with van der Waals surface area (Å²) < 4.78 is 10.1. The Bertz CT molecular complexity index is 575. The van der Waals surface area contributed by atoms with Crippen molar-refractivity contribution in [3.8, 4) is 0 Å². The topological polar surface area (TPSA) is 76.7 Å². The fourth-order valence-corrected chi connectivity index (χ4v) is 2.73. The quantitative estimate of drug-likeness (QED) is 0.803. The summed E-state index contributed by atoms with van der Waals surface area (Å²) in [6, 6.07) is 4.66. The number of ether oxygens (including phenoxy) is 2. The Kier molecular flexibility index (Phi) is 7.28. The molecule has 128 valence electrons. The van der Waals surface area contributed by atoms with Gasteiger partial charge in [0.15, 0.2) is 0 Å². The zero-order valence-electron chi connectivity index (χ0n) is 13.0. The summed E-state index contributed by atoms with van der Waals surface area (Å²) in [6.07, 6.45) is 1.20. The van der Waals surface area contributed by atoms with Gasteiger partial charge in [0.05, 0.1) is 17.7 Å². The predicted molar refractivity (Wildman–Crippen MR) is 90.5 cm³/mol. The van der Waals surface area contributed by atoms with Gasteiger partial charge in [-0.3, -0.25) is 4.79 Å². The van der Waals surface area contributed by atoms with Crippen LogP contribution in [0.15, 0.2) is 18.2 Å². The van der Waals surface area contributed by atoms with Crippen LogP contribution in [0.1, 0.15) is 23.2 Å². The molecule has 0 radical (unpaired) electrons. The van der Waals surface area contributed by atoms with Crippen LogP contribution in [0.5, 0.6) is 0 Å². The number of benzene rings is 1. The van der Waals surface area contributed by atoms with Gasteiger partial charge in [0.25, 0.3) is 5.91 Å². The van der Waals surface area contributed by atoms with Crippen molar-refractivity contribution in [1.82, 2.24) is 5.32 Å². The Balaban J connectivity index is 0.00000264. The lowest BCUT2D eigenvalue weighted by Gasteiger charge is -2.34. The average Bonchev–Trinajstić information content (AvgIpc) is 2.54. The number of carbonyl (C=O) groups is 2. The highest BCUT2D eigenvalue weighted by atomic mass is 35.5. The molecule has 1 amide bonds. The van der Waals surface area contributed by atoms with Crippen molar-refractivity contribution in [2.45, 2.75) is 18.4 Å². The number of hydrogen-bond acceptors (Lipinski definition) is 5. The number of anilines is 1. The largest absolute Gasteiger partial charge is 0.465 e. The van der Waals surface area contributed by atoms with E-state index in [0.717, 1.165) is 13.1 Å². The van der Waals surface area contributed by atoms with Crippen LogP contribution in [0.25, 0.3) is 0 Å². The molecule has 1 aromatic rings. The molecule has 2 N–H and O–H groups in total. The third kappa shape index (κ3) is 4.35. The van der Waals surface area contributed by atoms with Crippen molar-refractivity contribution in [3.63, 3.8) is 0 Å². The van der Waals surface area contributed by atoms with Gasteiger partial charge in [-0.25, -0.2) is 4.79 Å². The Morgan fingerprint density at radius 1 is 1.26 bits per heavy atom. The minimum atomic E-state index is -0.835. The number of halogens is 2. The van der Waals surface area contributed by atoms with Crippen molar-refractivity contribution in [2.24, 2.45) is 0 Å². The molecule has 2 rings (SSSR count). The molecule has 0 unspecified atom stereocenters. The molecule has 0 atom stereocenters. The maximum absolute atomic E-state index is 12.5. The molecule has 1 aromatic carbocycles. The lowest BCUT2D eigenvalue weighted by atomic mass is 9.91. The summed E-state index contributed by atoms with van der Waals surface area (Å²) in [4.78, 5) is 24.0. The van der Waals surface area contributed by atoms with Crippen LogP contribution >= 0.6 is 24.0 Å². The first-order valence-corrected chi connectivity index (χ1v) is 7.35. The van der Waals surface area contributed by atoms with Crippen LogP contribution in [0, 0.1) is 0 Å². The van der Waals surface area contributed by atoms with E-state index in [0.29, 0.717) is 18.5 Å². The second-order valence-electron chi connectivity index (χ2n) is 5.09. The number of esters is 1. The Morgan fingerprint density at radius 3 is 2.43 bits per heavy atom. The van der Waals surface area contributed by atoms with Crippen LogP contribution < -0.4 is 10.6 Å². The average molecular weight is 363 g/mol. The van der Waals surface area contributed by atoms with Gasteiger partial charge in [-0.1, -0.05) is 11.6 Å². The maximum Gasteiger partial charge on any atom is 0.339 e. The Hall–Kier alpha value is -1.34. The van der Waals surface area contributed by atoms with E-state index in [4.69, 9.17) is 16.3 Å². The van der Waals surface area contributed by atoms with Crippen molar-refractivity contribution in [2.75, 3.05) is 32.6 Å². The van der Waals surface area contributed by atoms with E-state index in [2.05, 4.69) is 15.4 Å². The SMILES string of the molecule is COC(=O)c1ccc(NC(=O)C2(OC)CCNCC2)cc1Cl.Cl. The third-order valence-corrected chi connectivity index (χ3v) is 4.16. The number of amides is 1. The highest BCUT2D eigenvalue weighted by molar-refractivity contribution is 6.34. The molecule has 0 saturated carbocycles. The standard InChI is InChI=1S/C15H19ClN2O4.ClH/c1-21-13(19)11-4-3-10(9-12(11)16)18-14(20)15(22-2)5-7-17-8-6-15;/h3-4,9,17H,5-8H2,1-2H3,(H,18,20);1H. The smallest absolute Gasteiger partial charge is 0.339 e. The first-order valence-electron chi connectivity index (χ1n) is 6.97. The molecule has 0 bridgehead atoms. The fourth-order valence-electron chi connectivity index (χ4n) is 2.47. The summed E-state index contributed by atoms with van der Waals surface area (Å²) in [5.41, 5.74) is -0.0678. The van der Waals surface area contributed by atoms with Gasteiger partial charge in [-0.2, -0.15) is 0 Å². The second-order valence-corrected chi connectivity index (χ2v) is 5.50. The highest BCUT2D eigenvalue weighted by Crippen LogP contribution is 2.26. The summed E-state index contributed by atoms with van der Waals surface area (Å²) >= 11 is 6.05. The Labute approximate surface area is 146 Å². The van der Waals surface area contributed by atoms with Gasteiger partial charge in [0, 0.05) is 12.8 Å². The van der Waals surface area contributed by atoms with Gasteiger partial charge >= 0.3 is 5.97 Å². The second kappa shape index (κ2) is 8.49. The van der Waals surface area contributed by atoms with E-state index >= 15 is 0 Å². The molecule has 1 aliphatic heterocycles. The number of nitrogens with one attached hydrogen (secondary N) is 2. The first-order chi connectivity index (χ1) is 10.5. The van der Waals surface area contributed by atoms with Crippen LogP contribution in [0.3, 0.4) is 0 Å². The molecular weight excluding hydrogens is 343 g/mol. The summed E-state index contributed by atoms with van der Waals surface area (Å²) in [6.45, 7) is 1.45. The predicted octanol–water partition coefficient (Wildman–Crippen LogP) is 2.26. The molecular formula is C15H20Cl2N2O4. The number of carbonyl (C=O) groups excluding carboxylic acids is 2. The fraction of sp³-hybridized carbons (Fsp3) is 0.467. The van der Waals surface area contributed by atoms with Crippen LogP contribution in [0.4, 0.5) is 5.69 Å². The van der Waals surface area contributed by atoms with E-state index < -0.39 is 11.6 Å². The van der Waals surface area contributed by atoms with E-state index in [1.165, 1.54) is 26.4 Å². The molecule has 1 aliphatic rings. The first kappa shape index (κ1) is 19.7. The zero-order valence-corrected chi connectivity index (χ0v) is 14.6. The summed E-state index contributed by atoms with van der Waals surface area (Å²) in [7, 11) is 2.83. The minimum Gasteiger partial charge on any atom is -0.465 e. The van der Waals surface area contributed by atoms with E-state index in [1.54, 1.807) is 6.07 Å². The van der Waals surface area contributed by atoms with Crippen LogP contribution in [0.2, 0.25) is 5.02 Å². The van der Waals surface area contributed by atoms with Crippen molar-refractivity contribution >= 4 is 41.6 Å². The summed E-state index contributed by atoms with van der Waals surface area (Å²) in [5, 5.41) is 6.22. The Morgan fingerprint density at radius 2 is 1.91 bits per heavy atom. The molecule has 1 fully saturated rings. The van der Waals surface area contributed by atoms with E-state index in [9.17, 15) is 9.59 Å². The lowest BCUT2D eigenvalue weighted by molar-refractivity contribution is -0.140. The highest BCUT2D eigenvalue weighted by Gasteiger charge is 2.39. The number of rotatable bonds is 4. The molecule has 0 aromatic heterocycles. The monoisotopic (exact) mass is 362 g/mol. The van der Waals surface area contributed by atoms with E-state index in [1.807, 2.05) is 0 Å². The summed E-state index contributed by atoms with van der Waals surface area (Å²) in [5.74, 6) is -0.729. The van der Waals surface area contributed by atoms with Crippen molar-refractivity contribution < 1.29 is 19.1 Å². The molecule has 1 heterocycles. The molecule has 0 spiro atoms. The third-order valence-electron chi connectivity index (χ3n) is 3.85. The van der Waals surface area contributed by atoms with Gasteiger partial charge in [0.2, 0.25) is 0 Å². The molecule has 6 nitrogen and oxygen atoms in total. The van der Waals surface area contributed by atoms with Gasteiger partial charge in [-0.05, 0) is 44.1 Å². The molecule has 23 heavy (non-hydrogen) atoms. The minimum absolute atomic E-state index is 0. The van der Waals surface area contributed by atoms with Crippen molar-refractivity contribution in [3.05, 3.63) is 28.8 Å². The zero-order chi connectivity index (χ0) is 16.2. The van der Waals surface area contributed by atoms with Crippen LogP contribution in [-0.4, -0.2) is 44.8 Å². The van der Waals surface area contributed by atoms with Crippen LogP contribution in [-0.2, 0) is 14.3 Å².